The van der Waals surface area contributed by atoms with Crippen LogP contribution in [0.15, 0.2) is 53.7 Å². The summed E-state index contributed by atoms with van der Waals surface area (Å²) in [7, 11) is -3.37. The lowest BCUT2D eigenvalue weighted by Crippen LogP contribution is -2.22. The van der Waals surface area contributed by atoms with Crippen molar-refractivity contribution in [1.82, 2.24) is 9.71 Å². The van der Waals surface area contributed by atoms with E-state index >= 15 is 0 Å². The van der Waals surface area contributed by atoms with Crippen LogP contribution in [-0.2, 0) is 10.0 Å². The van der Waals surface area contributed by atoms with Crippen molar-refractivity contribution >= 4 is 10.0 Å². The lowest BCUT2D eigenvalue weighted by atomic mass is 10.1. The van der Waals surface area contributed by atoms with Crippen LogP contribution in [0.1, 0.15) is 6.92 Å². The highest BCUT2D eigenvalue weighted by molar-refractivity contribution is 7.89. The molecule has 1 N–H and O–H groups in total. The number of hydrogen-bond acceptors (Lipinski definition) is 3. The molecule has 0 fully saturated rings. The molecule has 2 rings (SSSR count). The molecule has 0 atom stereocenters. The van der Waals surface area contributed by atoms with E-state index in [-0.39, 0.29) is 4.90 Å². The van der Waals surface area contributed by atoms with Gasteiger partial charge in [0.15, 0.2) is 0 Å². The van der Waals surface area contributed by atoms with Gasteiger partial charge in [0.2, 0.25) is 10.0 Å². The molecule has 0 saturated heterocycles. The molecule has 0 amide bonds. The van der Waals surface area contributed by atoms with Gasteiger partial charge in [-0.15, -0.1) is 0 Å². The predicted molar refractivity (Wildman–Crippen MR) is 70.5 cm³/mol. The zero-order chi connectivity index (χ0) is 13.0. The third kappa shape index (κ3) is 2.75. The van der Waals surface area contributed by atoms with E-state index in [0.29, 0.717) is 6.54 Å². The standard InChI is InChI=1S/C13H14N2O2S/c1-2-15-18(16,17)13-7-5-11(6-8-13)12-4-3-9-14-10-12/h3-10,15H,2H2,1H3. The lowest BCUT2D eigenvalue weighted by molar-refractivity contribution is 0.584. The maximum atomic E-state index is 11.8. The minimum Gasteiger partial charge on any atom is -0.264 e. The Kier molecular flexibility index (Phi) is 3.74. The molecule has 0 saturated carbocycles. The second-order valence-electron chi connectivity index (χ2n) is 3.77. The number of hydrogen-bond donors (Lipinski definition) is 1. The maximum absolute atomic E-state index is 11.8. The van der Waals surface area contributed by atoms with Crippen molar-refractivity contribution in [2.24, 2.45) is 0 Å². The molecule has 1 heterocycles. The number of nitrogens with zero attached hydrogens (tertiary/aromatic N) is 1. The second kappa shape index (κ2) is 5.29. The summed E-state index contributed by atoms with van der Waals surface area (Å²) in [6.07, 6.45) is 3.45. The molecule has 1 aromatic carbocycles. The lowest BCUT2D eigenvalue weighted by Gasteiger charge is -2.05. The number of sulfonamides is 1. The summed E-state index contributed by atoms with van der Waals surface area (Å²) < 4.78 is 26.0. The van der Waals surface area contributed by atoms with Gasteiger partial charge in [-0.25, -0.2) is 13.1 Å². The minimum atomic E-state index is -3.37. The number of benzene rings is 1. The zero-order valence-corrected chi connectivity index (χ0v) is 10.8. The smallest absolute Gasteiger partial charge is 0.240 e. The molecule has 0 radical (unpaired) electrons. The molecule has 1 aromatic heterocycles. The third-order valence-corrected chi connectivity index (χ3v) is 4.06. The molecule has 4 nitrogen and oxygen atoms in total. The van der Waals surface area contributed by atoms with Gasteiger partial charge < -0.3 is 0 Å². The SMILES string of the molecule is CCNS(=O)(=O)c1ccc(-c2cccnc2)cc1. The Morgan fingerprint density at radius 3 is 2.39 bits per heavy atom. The summed E-state index contributed by atoms with van der Waals surface area (Å²) in [5.41, 5.74) is 1.91. The van der Waals surface area contributed by atoms with Gasteiger partial charge in [-0.2, -0.15) is 0 Å². The van der Waals surface area contributed by atoms with Gasteiger partial charge in [0.05, 0.1) is 4.90 Å². The maximum Gasteiger partial charge on any atom is 0.240 e. The van der Waals surface area contributed by atoms with Crippen LogP contribution in [0.4, 0.5) is 0 Å². The Morgan fingerprint density at radius 2 is 1.83 bits per heavy atom. The molecule has 0 aliphatic carbocycles. The highest BCUT2D eigenvalue weighted by atomic mass is 32.2. The first-order valence-electron chi connectivity index (χ1n) is 5.63. The largest absolute Gasteiger partial charge is 0.264 e. The highest BCUT2D eigenvalue weighted by Crippen LogP contribution is 2.20. The molecule has 0 aliphatic heterocycles. The Labute approximate surface area is 107 Å². The van der Waals surface area contributed by atoms with Crippen molar-refractivity contribution in [3.05, 3.63) is 48.8 Å². The van der Waals surface area contributed by atoms with Gasteiger partial charge in [0.25, 0.3) is 0 Å². The molecule has 0 aliphatic rings. The van der Waals surface area contributed by atoms with E-state index in [4.69, 9.17) is 0 Å². The van der Waals surface area contributed by atoms with Crippen LogP contribution in [0, 0.1) is 0 Å². The topological polar surface area (TPSA) is 59.1 Å². The normalized spacial score (nSPS) is 11.4. The summed E-state index contributed by atoms with van der Waals surface area (Å²) in [4.78, 5) is 4.31. The van der Waals surface area contributed by atoms with Crippen LogP contribution in [0.25, 0.3) is 11.1 Å². The van der Waals surface area contributed by atoms with Gasteiger partial charge in [-0.05, 0) is 29.3 Å². The average molecular weight is 262 g/mol. The van der Waals surface area contributed by atoms with Gasteiger partial charge in [0, 0.05) is 18.9 Å². The molecular formula is C13H14N2O2S. The Balaban J connectivity index is 2.32. The van der Waals surface area contributed by atoms with Gasteiger partial charge in [0.1, 0.15) is 0 Å². The molecule has 2 aromatic rings. The van der Waals surface area contributed by atoms with Gasteiger partial charge in [-0.3, -0.25) is 4.98 Å². The monoisotopic (exact) mass is 262 g/mol. The molecule has 0 unspecified atom stereocenters. The summed E-state index contributed by atoms with van der Waals surface area (Å²) >= 11 is 0. The molecule has 5 heteroatoms. The fourth-order valence-corrected chi connectivity index (χ4v) is 2.67. The van der Waals surface area contributed by atoms with Crippen LogP contribution in [0.2, 0.25) is 0 Å². The number of rotatable bonds is 4. The minimum absolute atomic E-state index is 0.275. The van der Waals surface area contributed by atoms with E-state index in [2.05, 4.69) is 9.71 Å². The Hall–Kier alpha value is -1.72. The molecule has 0 bridgehead atoms. The fourth-order valence-electron chi connectivity index (χ4n) is 1.63. The quantitative estimate of drug-likeness (QED) is 0.917. The summed E-state index contributed by atoms with van der Waals surface area (Å²) in [5.74, 6) is 0. The van der Waals surface area contributed by atoms with Crippen molar-refractivity contribution in [1.29, 1.82) is 0 Å². The first kappa shape index (κ1) is 12.7. The van der Waals surface area contributed by atoms with E-state index in [9.17, 15) is 8.42 Å². The molecule has 18 heavy (non-hydrogen) atoms. The molecule has 94 valence electrons. The van der Waals surface area contributed by atoms with Crippen LogP contribution >= 0.6 is 0 Å². The highest BCUT2D eigenvalue weighted by Gasteiger charge is 2.11. The van der Waals surface area contributed by atoms with E-state index < -0.39 is 10.0 Å². The van der Waals surface area contributed by atoms with E-state index in [1.54, 1.807) is 43.6 Å². The van der Waals surface area contributed by atoms with Crippen molar-refractivity contribution in [3.8, 4) is 11.1 Å². The summed E-state index contributed by atoms with van der Waals surface area (Å²) in [6, 6.07) is 10.5. The second-order valence-corrected chi connectivity index (χ2v) is 5.53. The molecule has 0 spiro atoms. The van der Waals surface area contributed by atoms with Crippen molar-refractivity contribution in [2.75, 3.05) is 6.54 Å². The Morgan fingerprint density at radius 1 is 1.11 bits per heavy atom. The number of pyridine rings is 1. The fraction of sp³-hybridized carbons (Fsp3) is 0.154. The van der Waals surface area contributed by atoms with Crippen LogP contribution in [0.3, 0.4) is 0 Å². The molecular weight excluding hydrogens is 248 g/mol. The van der Waals surface area contributed by atoms with Crippen LogP contribution in [-0.4, -0.2) is 19.9 Å². The first-order chi connectivity index (χ1) is 8.63. The van der Waals surface area contributed by atoms with Gasteiger partial charge >= 0.3 is 0 Å². The van der Waals surface area contributed by atoms with Crippen molar-refractivity contribution < 1.29 is 8.42 Å². The van der Waals surface area contributed by atoms with E-state index in [1.807, 2.05) is 12.1 Å². The van der Waals surface area contributed by atoms with Crippen LogP contribution < -0.4 is 4.72 Å². The van der Waals surface area contributed by atoms with Crippen LogP contribution in [0.5, 0.6) is 0 Å². The summed E-state index contributed by atoms with van der Waals surface area (Å²) in [5, 5.41) is 0. The zero-order valence-electron chi connectivity index (χ0n) is 10.00. The average Bonchev–Trinajstić information content (AvgIpc) is 2.40. The summed E-state index contributed by atoms with van der Waals surface area (Å²) in [6.45, 7) is 2.13. The first-order valence-corrected chi connectivity index (χ1v) is 7.12. The van der Waals surface area contributed by atoms with Gasteiger partial charge in [-0.1, -0.05) is 25.1 Å². The van der Waals surface area contributed by atoms with Crippen molar-refractivity contribution in [3.63, 3.8) is 0 Å². The van der Waals surface area contributed by atoms with Crippen molar-refractivity contribution in [2.45, 2.75) is 11.8 Å². The number of aromatic nitrogens is 1. The predicted octanol–water partition coefficient (Wildman–Crippen LogP) is 2.05. The Bertz CT molecular complexity index is 607. The van der Waals surface area contributed by atoms with E-state index in [1.165, 1.54) is 0 Å². The number of nitrogens with one attached hydrogen (secondary N) is 1. The third-order valence-electron chi connectivity index (χ3n) is 2.49. The van der Waals surface area contributed by atoms with E-state index in [0.717, 1.165) is 11.1 Å².